The van der Waals surface area contributed by atoms with Crippen LogP contribution in [0.3, 0.4) is 0 Å². The van der Waals surface area contributed by atoms with Crippen molar-refractivity contribution in [2.45, 2.75) is 43.9 Å². The predicted molar refractivity (Wildman–Crippen MR) is 120 cm³/mol. The highest BCUT2D eigenvalue weighted by Gasteiger charge is 2.25. The van der Waals surface area contributed by atoms with Crippen molar-refractivity contribution in [1.82, 2.24) is 10.3 Å². The number of aromatic nitrogens is 1. The van der Waals surface area contributed by atoms with Gasteiger partial charge in [-0.1, -0.05) is 24.3 Å². The molecule has 1 unspecified atom stereocenters. The Balaban J connectivity index is 1.42. The van der Waals surface area contributed by atoms with Crippen LogP contribution in [0.5, 0.6) is 5.75 Å². The SMILES string of the molecule is Cc1cc(C)cc(OCC(O)CSc2cc(C(=O)NC3CC3)c3ccccc3n2)c1. The summed E-state index contributed by atoms with van der Waals surface area (Å²) in [7, 11) is 0. The van der Waals surface area contributed by atoms with Gasteiger partial charge >= 0.3 is 0 Å². The first kappa shape index (κ1) is 20.7. The van der Waals surface area contributed by atoms with Crippen molar-refractivity contribution in [3.05, 3.63) is 65.2 Å². The lowest BCUT2D eigenvalue weighted by Crippen LogP contribution is -2.25. The Kier molecular flexibility index (Phi) is 6.25. The minimum Gasteiger partial charge on any atom is -0.491 e. The number of amides is 1. The van der Waals surface area contributed by atoms with Gasteiger partial charge in [-0.3, -0.25) is 4.79 Å². The van der Waals surface area contributed by atoms with Crippen molar-refractivity contribution in [2.24, 2.45) is 0 Å². The molecule has 1 aromatic heterocycles. The number of carbonyl (C=O) groups excluding carboxylic acids is 1. The molecule has 6 heteroatoms. The first-order valence-electron chi connectivity index (χ1n) is 10.2. The summed E-state index contributed by atoms with van der Waals surface area (Å²) in [4.78, 5) is 17.4. The van der Waals surface area contributed by atoms with Crippen LogP contribution < -0.4 is 10.1 Å². The number of aliphatic hydroxyl groups excluding tert-OH is 1. The smallest absolute Gasteiger partial charge is 0.252 e. The third-order valence-corrected chi connectivity index (χ3v) is 5.97. The molecule has 0 spiro atoms. The quantitative estimate of drug-likeness (QED) is 0.530. The van der Waals surface area contributed by atoms with E-state index >= 15 is 0 Å². The molecular formula is C24H26N2O3S. The van der Waals surface area contributed by atoms with Crippen molar-refractivity contribution in [1.29, 1.82) is 0 Å². The zero-order chi connectivity index (χ0) is 21.1. The second kappa shape index (κ2) is 9.06. The van der Waals surface area contributed by atoms with Gasteiger partial charge in [-0.25, -0.2) is 4.98 Å². The number of aryl methyl sites for hydroxylation is 2. The highest BCUT2D eigenvalue weighted by atomic mass is 32.2. The Hall–Kier alpha value is -2.57. The van der Waals surface area contributed by atoms with E-state index in [1.165, 1.54) is 11.8 Å². The normalized spacial score (nSPS) is 14.5. The molecular weight excluding hydrogens is 396 g/mol. The van der Waals surface area contributed by atoms with Gasteiger partial charge in [-0.15, -0.1) is 11.8 Å². The van der Waals surface area contributed by atoms with Crippen molar-refractivity contribution < 1.29 is 14.6 Å². The third-order valence-electron chi connectivity index (χ3n) is 4.91. The molecule has 1 saturated carbocycles. The average Bonchev–Trinajstić information content (AvgIpc) is 3.53. The van der Waals surface area contributed by atoms with Crippen molar-refractivity contribution in [3.63, 3.8) is 0 Å². The third kappa shape index (κ3) is 5.32. The van der Waals surface area contributed by atoms with E-state index in [9.17, 15) is 9.90 Å². The minimum absolute atomic E-state index is 0.0587. The average molecular weight is 423 g/mol. The minimum atomic E-state index is -0.646. The number of nitrogens with zero attached hydrogens (tertiary/aromatic N) is 1. The van der Waals surface area contributed by atoms with E-state index in [1.54, 1.807) is 0 Å². The summed E-state index contributed by atoms with van der Waals surface area (Å²) in [5.74, 6) is 1.14. The maximum Gasteiger partial charge on any atom is 0.252 e. The number of pyridine rings is 1. The molecule has 1 amide bonds. The maximum atomic E-state index is 12.7. The zero-order valence-corrected chi connectivity index (χ0v) is 18.0. The van der Waals surface area contributed by atoms with Crippen LogP contribution >= 0.6 is 11.8 Å². The highest BCUT2D eigenvalue weighted by molar-refractivity contribution is 7.99. The molecule has 0 saturated heterocycles. The van der Waals surface area contributed by atoms with Gasteiger partial charge < -0.3 is 15.2 Å². The lowest BCUT2D eigenvalue weighted by atomic mass is 10.1. The number of ether oxygens (including phenoxy) is 1. The van der Waals surface area contributed by atoms with Gasteiger partial charge in [0.15, 0.2) is 0 Å². The Morgan fingerprint density at radius 2 is 1.93 bits per heavy atom. The van der Waals surface area contributed by atoms with E-state index < -0.39 is 6.10 Å². The highest BCUT2D eigenvalue weighted by Crippen LogP contribution is 2.26. The number of hydrogen-bond acceptors (Lipinski definition) is 5. The van der Waals surface area contributed by atoms with Crippen LogP contribution in [0, 0.1) is 13.8 Å². The van der Waals surface area contributed by atoms with Gasteiger partial charge in [0.05, 0.1) is 22.2 Å². The first-order valence-corrected chi connectivity index (χ1v) is 11.2. The molecule has 1 aliphatic rings. The lowest BCUT2D eigenvalue weighted by Gasteiger charge is -2.14. The van der Waals surface area contributed by atoms with Crippen molar-refractivity contribution in [2.75, 3.05) is 12.4 Å². The number of fused-ring (bicyclic) bond motifs is 1. The summed E-state index contributed by atoms with van der Waals surface area (Å²) in [6.07, 6.45) is 1.44. The van der Waals surface area contributed by atoms with Crippen molar-refractivity contribution in [3.8, 4) is 5.75 Å². The molecule has 0 radical (unpaired) electrons. The number of rotatable bonds is 8. The number of nitrogens with one attached hydrogen (secondary N) is 1. The molecule has 5 nitrogen and oxygen atoms in total. The second-order valence-electron chi connectivity index (χ2n) is 7.87. The molecule has 1 fully saturated rings. The Morgan fingerprint density at radius 1 is 1.20 bits per heavy atom. The topological polar surface area (TPSA) is 71.5 Å². The van der Waals surface area contributed by atoms with E-state index in [-0.39, 0.29) is 12.5 Å². The van der Waals surface area contributed by atoms with Crippen LogP contribution in [-0.2, 0) is 0 Å². The molecule has 0 aliphatic heterocycles. The van der Waals surface area contributed by atoms with Gasteiger partial charge in [0.2, 0.25) is 0 Å². The molecule has 4 rings (SSSR count). The lowest BCUT2D eigenvalue weighted by molar-refractivity contribution is 0.0952. The number of hydrogen-bond donors (Lipinski definition) is 2. The van der Waals surface area contributed by atoms with E-state index in [1.807, 2.05) is 56.3 Å². The number of carbonyl (C=O) groups is 1. The van der Waals surface area contributed by atoms with E-state index in [0.717, 1.165) is 45.6 Å². The molecule has 1 atom stereocenters. The number of para-hydroxylation sites is 1. The Labute approximate surface area is 180 Å². The molecule has 156 valence electrons. The molecule has 30 heavy (non-hydrogen) atoms. The summed E-state index contributed by atoms with van der Waals surface area (Å²) in [6, 6.07) is 15.8. The fourth-order valence-electron chi connectivity index (χ4n) is 3.34. The summed E-state index contributed by atoms with van der Waals surface area (Å²) >= 11 is 1.43. The van der Waals surface area contributed by atoms with Gasteiger partial charge in [0.25, 0.3) is 5.91 Å². The van der Waals surface area contributed by atoms with E-state index in [2.05, 4.69) is 16.4 Å². The molecule has 1 aliphatic carbocycles. The van der Waals surface area contributed by atoms with Crippen LogP contribution in [0.15, 0.2) is 53.6 Å². The standard InChI is InChI=1S/C24H26N2O3S/c1-15-9-16(2)11-19(10-15)29-13-18(27)14-30-23-12-21(24(28)25-17-7-8-17)20-5-3-4-6-22(20)26-23/h3-6,9-12,17-18,27H,7-8,13-14H2,1-2H3,(H,25,28). The van der Waals surface area contributed by atoms with Gasteiger partial charge in [0, 0.05) is 17.2 Å². The monoisotopic (exact) mass is 422 g/mol. The summed E-state index contributed by atoms with van der Waals surface area (Å²) in [5, 5.41) is 15.0. The number of aliphatic hydroxyl groups is 1. The summed E-state index contributed by atoms with van der Waals surface area (Å²) in [6.45, 7) is 4.25. The van der Waals surface area contributed by atoms with Crippen molar-refractivity contribution >= 4 is 28.6 Å². The summed E-state index contributed by atoms with van der Waals surface area (Å²) in [5.41, 5.74) is 3.68. The summed E-state index contributed by atoms with van der Waals surface area (Å²) < 4.78 is 5.75. The van der Waals surface area contributed by atoms with Crippen LogP contribution in [0.1, 0.15) is 34.3 Å². The molecule has 2 N–H and O–H groups in total. The molecule has 1 heterocycles. The van der Waals surface area contributed by atoms with Crippen LogP contribution in [0.2, 0.25) is 0 Å². The largest absolute Gasteiger partial charge is 0.491 e. The predicted octanol–water partition coefficient (Wildman–Crippen LogP) is 4.28. The molecule has 0 bridgehead atoms. The fraction of sp³-hybridized carbons (Fsp3) is 0.333. The Morgan fingerprint density at radius 3 is 2.67 bits per heavy atom. The first-order chi connectivity index (χ1) is 14.5. The second-order valence-corrected chi connectivity index (χ2v) is 8.91. The van der Waals surface area contributed by atoms with Crippen LogP contribution in [0.4, 0.5) is 0 Å². The maximum absolute atomic E-state index is 12.7. The van der Waals surface area contributed by atoms with Crippen LogP contribution in [-0.4, -0.2) is 40.5 Å². The fourth-order valence-corrected chi connectivity index (χ4v) is 4.17. The zero-order valence-electron chi connectivity index (χ0n) is 17.2. The Bertz CT molecular complexity index is 1050. The van der Waals surface area contributed by atoms with Gasteiger partial charge in [0.1, 0.15) is 12.4 Å². The molecule has 2 aromatic carbocycles. The van der Waals surface area contributed by atoms with E-state index in [4.69, 9.17) is 4.74 Å². The van der Waals surface area contributed by atoms with E-state index in [0.29, 0.717) is 17.4 Å². The van der Waals surface area contributed by atoms with Gasteiger partial charge in [-0.2, -0.15) is 0 Å². The van der Waals surface area contributed by atoms with Crippen LogP contribution in [0.25, 0.3) is 10.9 Å². The van der Waals surface area contributed by atoms with Gasteiger partial charge in [-0.05, 0) is 62.1 Å². The molecule has 3 aromatic rings. The number of thioether (sulfide) groups is 1. The number of benzene rings is 2.